The number of nitrogens with one attached hydrogen (secondary N) is 1. The number of aryl methyl sites for hydroxylation is 2. The molecule has 0 unspecified atom stereocenters. The van der Waals surface area contributed by atoms with E-state index in [9.17, 15) is 14.4 Å². The molecule has 2 aromatic rings. The van der Waals surface area contributed by atoms with E-state index in [4.69, 9.17) is 9.47 Å². The molecule has 0 aliphatic rings. The molecule has 2 rings (SSSR count). The second-order valence-electron chi connectivity index (χ2n) is 6.53. The Labute approximate surface area is 158 Å². The second-order valence-corrected chi connectivity index (χ2v) is 6.53. The van der Waals surface area contributed by atoms with Crippen LogP contribution in [0.25, 0.3) is 0 Å². The normalized spacial score (nSPS) is 10.4. The quantitative estimate of drug-likeness (QED) is 0.786. The Balaban J connectivity index is 1.88. The molecule has 6 heteroatoms. The zero-order valence-electron chi connectivity index (χ0n) is 15.9. The van der Waals surface area contributed by atoms with Crippen molar-refractivity contribution in [1.82, 2.24) is 0 Å². The number of hydrogen-bond donors (Lipinski definition) is 1. The predicted molar refractivity (Wildman–Crippen MR) is 102 cm³/mol. The Morgan fingerprint density at radius 1 is 0.889 bits per heavy atom. The molecule has 27 heavy (non-hydrogen) atoms. The first-order valence-corrected chi connectivity index (χ1v) is 8.61. The van der Waals surface area contributed by atoms with Gasteiger partial charge in [-0.05, 0) is 64.1 Å². The van der Waals surface area contributed by atoms with E-state index in [0.717, 1.165) is 11.1 Å². The highest BCUT2D eigenvalue weighted by Crippen LogP contribution is 2.12. The zero-order valence-corrected chi connectivity index (χ0v) is 15.9. The smallest absolute Gasteiger partial charge is 0.338 e. The van der Waals surface area contributed by atoms with Gasteiger partial charge in [-0.25, -0.2) is 9.59 Å². The largest absolute Gasteiger partial charge is 0.459 e. The Hall–Kier alpha value is -3.15. The fraction of sp³-hybridized carbons (Fsp3) is 0.286. The van der Waals surface area contributed by atoms with E-state index < -0.39 is 24.5 Å². The minimum Gasteiger partial charge on any atom is -0.459 e. The fourth-order valence-corrected chi connectivity index (χ4v) is 2.48. The lowest BCUT2D eigenvalue weighted by Gasteiger charge is -2.09. The van der Waals surface area contributed by atoms with E-state index >= 15 is 0 Å². The van der Waals surface area contributed by atoms with Crippen molar-refractivity contribution < 1.29 is 23.9 Å². The van der Waals surface area contributed by atoms with Crippen LogP contribution in [0.1, 0.15) is 45.7 Å². The molecule has 0 bridgehead atoms. The number of ether oxygens (including phenoxy) is 2. The van der Waals surface area contributed by atoms with Crippen LogP contribution in [0.4, 0.5) is 5.69 Å². The molecule has 0 atom stereocenters. The van der Waals surface area contributed by atoms with Crippen LogP contribution in [0.2, 0.25) is 0 Å². The lowest BCUT2D eigenvalue weighted by molar-refractivity contribution is -0.119. The van der Waals surface area contributed by atoms with Crippen LogP contribution in [-0.2, 0) is 14.3 Å². The van der Waals surface area contributed by atoms with Gasteiger partial charge in [-0.1, -0.05) is 17.2 Å². The summed E-state index contributed by atoms with van der Waals surface area (Å²) >= 11 is 0. The highest BCUT2D eigenvalue weighted by Gasteiger charge is 2.12. The van der Waals surface area contributed by atoms with Crippen molar-refractivity contribution in [3.05, 3.63) is 64.7 Å². The molecule has 1 amide bonds. The van der Waals surface area contributed by atoms with Crippen LogP contribution in [0.15, 0.2) is 42.5 Å². The molecular formula is C21H23NO5. The minimum absolute atomic E-state index is 0.205. The van der Waals surface area contributed by atoms with Crippen molar-refractivity contribution in [2.24, 2.45) is 0 Å². The SMILES string of the molecule is Cc1cc(C)cc(C(=O)OCC(=O)Nc2ccc(C(=O)OC(C)C)cc2)c1. The molecule has 0 aliphatic carbocycles. The monoisotopic (exact) mass is 369 g/mol. The molecule has 0 saturated carbocycles. The first-order chi connectivity index (χ1) is 12.7. The number of carbonyl (C=O) groups excluding carboxylic acids is 3. The molecule has 0 aromatic heterocycles. The van der Waals surface area contributed by atoms with Gasteiger partial charge in [0.2, 0.25) is 0 Å². The third-order valence-corrected chi connectivity index (χ3v) is 3.54. The summed E-state index contributed by atoms with van der Waals surface area (Å²) in [4.78, 5) is 35.8. The summed E-state index contributed by atoms with van der Waals surface area (Å²) in [5.41, 5.74) is 3.18. The molecule has 1 N–H and O–H groups in total. The molecule has 2 aromatic carbocycles. The molecule has 142 valence electrons. The molecule has 0 radical (unpaired) electrons. The first-order valence-electron chi connectivity index (χ1n) is 8.61. The van der Waals surface area contributed by atoms with Gasteiger partial charge in [-0.2, -0.15) is 0 Å². The molecular weight excluding hydrogens is 346 g/mol. The lowest BCUT2D eigenvalue weighted by Crippen LogP contribution is -2.21. The minimum atomic E-state index is -0.552. The van der Waals surface area contributed by atoms with Crippen molar-refractivity contribution in [3.8, 4) is 0 Å². The molecule has 0 fully saturated rings. The van der Waals surface area contributed by atoms with Gasteiger partial charge in [0.15, 0.2) is 6.61 Å². The summed E-state index contributed by atoms with van der Waals surface area (Å²) in [5.74, 6) is -1.45. The van der Waals surface area contributed by atoms with Crippen LogP contribution >= 0.6 is 0 Å². The van der Waals surface area contributed by atoms with E-state index in [1.807, 2.05) is 19.9 Å². The van der Waals surface area contributed by atoms with Gasteiger partial charge in [0.25, 0.3) is 5.91 Å². The van der Waals surface area contributed by atoms with Gasteiger partial charge in [-0.3, -0.25) is 4.79 Å². The van der Waals surface area contributed by atoms with Crippen LogP contribution in [0, 0.1) is 13.8 Å². The Kier molecular flexibility index (Phi) is 6.71. The van der Waals surface area contributed by atoms with E-state index in [2.05, 4.69) is 5.32 Å². The Bertz CT molecular complexity index is 820. The second kappa shape index (κ2) is 8.98. The zero-order chi connectivity index (χ0) is 20.0. The van der Waals surface area contributed by atoms with E-state index in [-0.39, 0.29) is 6.10 Å². The lowest BCUT2D eigenvalue weighted by atomic mass is 10.1. The van der Waals surface area contributed by atoms with Gasteiger partial charge in [0, 0.05) is 5.69 Å². The Morgan fingerprint density at radius 2 is 1.48 bits per heavy atom. The van der Waals surface area contributed by atoms with Crippen LogP contribution in [-0.4, -0.2) is 30.6 Å². The predicted octanol–water partition coefficient (Wildman–Crippen LogP) is 3.66. The molecule has 0 heterocycles. The number of hydrogen-bond acceptors (Lipinski definition) is 5. The average Bonchev–Trinajstić information content (AvgIpc) is 2.58. The summed E-state index contributed by atoms with van der Waals surface area (Å²) in [6.07, 6.45) is -0.205. The van der Waals surface area contributed by atoms with Crippen LogP contribution in [0.5, 0.6) is 0 Å². The van der Waals surface area contributed by atoms with Crippen molar-refractivity contribution in [2.75, 3.05) is 11.9 Å². The maximum atomic E-state index is 12.1. The van der Waals surface area contributed by atoms with Crippen molar-refractivity contribution in [1.29, 1.82) is 0 Å². The molecule has 0 spiro atoms. The topological polar surface area (TPSA) is 81.7 Å². The third kappa shape index (κ3) is 6.26. The standard InChI is InChI=1S/C21H23NO5/c1-13(2)27-21(25)16-5-7-18(8-6-16)22-19(23)12-26-20(24)17-10-14(3)9-15(4)11-17/h5-11,13H,12H2,1-4H3,(H,22,23). The fourth-order valence-electron chi connectivity index (χ4n) is 2.48. The Morgan fingerprint density at radius 3 is 2.04 bits per heavy atom. The highest BCUT2D eigenvalue weighted by molar-refractivity contribution is 5.96. The average molecular weight is 369 g/mol. The molecule has 0 aliphatic heterocycles. The highest BCUT2D eigenvalue weighted by atomic mass is 16.5. The summed E-state index contributed by atoms with van der Waals surface area (Å²) in [5, 5.41) is 2.61. The van der Waals surface area contributed by atoms with Gasteiger partial charge < -0.3 is 14.8 Å². The summed E-state index contributed by atoms with van der Waals surface area (Å²) in [6.45, 7) is 6.91. The van der Waals surface area contributed by atoms with Gasteiger partial charge in [0.1, 0.15) is 0 Å². The first kappa shape index (κ1) is 20.2. The molecule has 6 nitrogen and oxygen atoms in total. The van der Waals surface area contributed by atoms with E-state index in [1.54, 1.807) is 50.2 Å². The van der Waals surface area contributed by atoms with Crippen molar-refractivity contribution >= 4 is 23.5 Å². The number of amides is 1. The third-order valence-electron chi connectivity index (χ3n) is 3.54. The van der Waals surface area contributed by atoms with Gasteiger partial charge in [-0.15, -0.1) is 0 Å². The van der Waals surface area contributed by atoms with Crippen LogP contribution in [0.3, 0.4) is 0 Å². The summed E-state index contributed by atoms with van der Waals surface area (Å²) in [6, 6.07) is 11.7. The number of esters is 2. The molecule has 0 saturated heterocycles. The maximum absolute atomic E-state index is 12.1. The maximum Gasteiger partial charge on any atom is 0.338 e. The van der Waals surface area contributed by atoms with Gasteiger partial charge >= 0.3 is 11.9 Å². The van der Waals surface area contributed by atoms with Crippen molar-refractivity contribution in [2.45, 2.75) is 33.8 Å². The van der Waals surface area contributed by atoms with Crippen molar-refractivity contribution in [3.63, 3.8) is 0 Å². The van der Waals surface area contributed by atoms with Crippen LogP contribution < -0.4 is 5.32 Å². The van der Waals surface area contributed by atoms with E-state index in [1.165, 1.54) is 0 Å². The summed E-state index contributed by atoms with van der Waals surface area (Å²) in [7, 11) is 0. The van der Waals surface area contributed by atoms with Gasteiger partial charge in [0.05, 0.1) is 17.2 Å². The summed E-state index contributed by atoms with van der Waals surface area (Å²) < 4.78 is 10.1. The van der Waals surface area contributed by atoms with E-state index in [0.29, 0.717) is 16.8 Å². The number of benzene rings is 2. The number of rotatable bonds is 6. The number of carbonyl (C=O) groups is 3. The number of anilines is 1.